The van der Waals surface area contributed by atoms with E-state index in [1.165, 1.54) is 0 Å². The molecule has 0 aromatic rings. The first-order chi connectivity index (χ1) is 6.53. The predicted molar refractivity (Wildman–Crippen MR) is 60.6 cm³/mol. The number of hydrogen-bond acceptors (Lipinski definition) is 3. The Morgan fingerprint density at radius 2 is 2.29 bits per heavy atom. The number of alkyl halides is 1. The number of ether oxygens (including phenoxy) is 1. The minimum Gasteiger partial charge on any atom is -0.377 e. The Kier molecular flexibility index (Phi) is 4.87. The van der Waals surface area contributed by atoms with E-state index in [0.717, 1.165) is 18.2 Å². The van der Waals surface area contributed by atoms with Crippen LogP contribution in [-0.2, 0) is 14.6 Å². The van der Waals surface area contributed by atoms with Crippen LogP contribution in [0.4, 0.5) is 0 Å². The zero-order chi connectivity index (χ0) is 10.6. The summed E-state index contributed by atoms with van der Waals surface area (Å²) in [4.78, 5) is 0. The summed E-state index contributed by atoms with van der Waals surface area (Å²) in [5.74, 6) is 0.643. The Morgan fingerprint density at radius 3 is 2.79 bits per heavy atom. The van der Waals surface area contributed by atoms with Gasteiger partial charge in [0, 0.05) is 11.9 Å². The highest BCUT2D eigenvalue weighted by atomic mass is 79.9. The van der Waals surface area contributed by atoms with E-state index in [1.807, 2.05) is 6.92 Å². The SMILES string of the molecule is CC(CBr)CS(=O)(=O)CC1CCCO1. The van der Waals surface area contributed by atoms with Crippen LogP contribution in [0.5, 0.6) is 0 Å². The molecule has 0 aliphatic carbocycles. The van der Waals surface area contributed by atoms with Crippen LogP contribution < -0.4 is 0 Å². The van der Waals surface area contributed by atoms with Crippen LogP contribution in [0.1, 0.15) is 19.8 Å². The summed E-state index contributed by atoms with van der Waals surface area (Å²) in [7, 11) is -2.93. The molecular weight excluding hydrogens is 268 g/mol. The molecule has 0 amide bonds. The average molecular weight is 285 g/mol. The van der Waals surface area contributed by atoms with Gasteiger partial charge in [0.15, 0.2) is 9.84 Å². The molecule has 1 heterocycles. The molecule has 0 saturated carbocycles. The molecule has 14 heavy (non-hydrogen) atoms. The second kappa shape index (κ2) is 5.47. The van der Waals surface area contributed by atoms with Gasteiger partial charge in [0.25, 0.3) is 0 Å². The Morgan fingerprint density at radius 1 is 1.57 bits per heavy atom. The van der Waals surface area contributed by atoms with E-state index in [1.54, 1.807) is 0 Å². The van der Waals surface area contributed by atoms with Crippen LogP contribution in [0.25, 0.3) is 0 Å². The van der Waals surface area contributed by atoms with Crippen molar-refractivity contribution < 1.29 is 13.2 Å². The highest BCUT2D eigenvalue weighted by Gasteiger charge is 2.24. The van der Waals surface area contributed by atoms with E-state index >= 15 is 0 Å². The second-order valence-corrected chi connectivity index (χ2v) is 6.77. The van der Waals surface area contributed by atoms with Crippen LogP contribution in [-0.4, -0.2) is 38.0 Å². The fourth-order valence-corrected chi connectivity index (χ4v) is 4.09. The monoisotopic (exact) mass is 284 g/mol. The molecular formula is C9H17BrO3S. The van der Waals surface area contributed by atoms with Gasteiger partial charge in [-0.25, -0.2) is 8.42 Å². The van der Waals surface area contributed by atoms with E-state index in [0.29, 0.717) is 6.61 Å². The maximum Gasteiger partial charge on any atom is 0.153 e. The van der Waals surface area contributed by atoms with Gasteiger partial charge in [0.05, 0.1) is 17.6 Å². The van der Waals surface area contributed by atoms with E-state index in [2.05, 4.69) is 15.9 Å². The largest absolute Gasteiger partial charge is 0.377 e. The van der Waals surface area contributed by atoms with Crippen molar-refractivity contribution in [3.8, 4) is 0 Å². The number of rotatable bonds is 5. The van der Waals surface area contributed by atoms with Crippen LogP contribution in [0, 0.1) is 5.92 Å². The summed E-state index contributed by atoms with van der Waals surface area (Å²) in [5.41, 5.74) is 0. The molecule has 2 unspecified atom stereocenters. The van der Waals surface area contributed by atoms with Gasteiger partial charge in [0.1, 0.15) is 0 Å². The van der Waals surface area contributed by atoms with Crippen molar-refractivity contribution in [3.05, 3.63) is 0 Å². The van der Waals surface area contributed by atoms with Crippen LogP contribution in [0.15, 0.2) is 0 Å². The lowest BCUT2D eigenvalue weighted by molar-refractivity contribution is 0.127. The highest BCUT2D eigenvalue weighted by Crippen LogP contribution is 2.15. The van der Waals surface area contributed by atoms with Crippen molar-refractivity contribution in [2.45, 2.75) is 25.9 Å². The van der Waals surface area contributed by atoms with Crippen molar-refractivity contribution >= 4 is 25.8 Å². The number of hydrogen-bond donors (Lipinski definition) is 0. The van der Waals surface area contributed by atoms with Crippen LogP contribution >= 0.6 is 15.9 Å². The molecule has 1 aliphatic rings. The fourth-order valence-electron chi connectivity index (χ4n) is 1.61. The molecule has 2 atom stereocenters. The molecule has 3 nitrogen and oxygen atoms in total. The van der Waals surface area contributed by atoms with Crippen LogP contribution in [0.2, 0.25) is 0 Å². The van der Waals surface area contributed by atoms with Crippen molar-refractivity contribution in [2.24, 2.45) is 5.92 Å². The van der Waals surface area contributed by atoms with Crippen molar-refractivity contribution in [3.63, 3.8) is 0 Å². The van der Waals surface area contributed by atoms with E-state index in [9.17, 15) is 8.42 Å². The van der Waals surface area contributed by atoms with Gasteiger partial charge >= 0.3 is 0 Å². The molecule has 1 fully saturated rings. The van der Waals surface area contributed by atoms with Crippen molar-refractivity contribution in [2.75, 3.05) is 23.4 Å². The number of halogens is 1. The summed E-state index contributed by atoms with van der Waals surface area (Å²) in [5, 5.41) is 0.734. The molecule has 1 aliphatic heterocycles. The van der Waals surface area contributed by atoms with Gasteiger partial charge < -0.3 is 4.74 Å². The summed E-state index contributed by atoms with van der Waals surface area (Å²) >= 11 is 3.28. The zero-order valence-corrected chi connectivity index (χ0v) is 10.8. The first kappa shape index (κ1) is 12.5. The number of sulfone groups is 1. The van der Waals surface area contributed by atoms with E-state index in [-0.39, 0.29) is 23.5 Å². The normalized spacial score (nSPS) is 25.1. The molecule has 1 rings (SSSR count). The maximum absolute atomic E-state index is 11.7. The van der Waals surface area contributed by atoms with Crippen molar-refractivity contribution in [1.82, 2.24) is 0 Å². The lowest BCUT2D eigenvalue weighted by atomic mass is 10.3. The van der Waals surface area contributed by atoms with Crippen molar-refractivity contribution in [1.29, 1.82) is 0 Å². The molecule has 0 spiro atoms. The molecule has 0 aromatic carbocycles. The molecule has 84 valence electrons. The predicted octanol–water partition coefficient (Wildman–Crippen LogP) is 1.61. The average Bonchev–Trinajstić information content (AvgIpc) is 2.54. The lowest BCUT2D eigenvalue weighted by Crippen LogP contribution is -2.25. The summed E-state index contributed by atoms with van der Waals surface area (Å²) < 4.78 is 28.6. The third kappa shape index (κ3) is 4.28. The Hall–Kier alpha value is 0.390. The summed E-state index contributed by atoms with van der Waals surface area (Å²) in [6.07, 6.45) is 1.83. The fraction of sp³-hybridized carbons (Fsp3) is 1.00. The van der Waals surface area contributed by atoms with E-state index < -0.39 is 9.84 Å². The quantitative estimate of drug-likeness (QED) is 0.721. The molecule has 5 heteroatoms. The van der Waals surface area contributed by atoms with Gasteiger partial charge in [0.2, 0.25) is 0 Å². The maximum atomic E-state index is 11.7. The molecule has 0 bridgehead atoms. The summed E-state index contributed by atoms with van der Waals surface area (Å²) in [6, 6.07) is 0. The lowest BCUT2D eigenvalue weighted by Gasteiger charge is -2.12. The first-order valence-corrected chi connectivity index (χ1v) is 7.86. The summed E-state index contributed by atoms with van der Waals surface area (Å²) in [6.45, 7) is 2.65. The van der Waals surface area contributed by atoms with Gasteiger partial charge in [-0.2, -0.15) is 0 Å². The first-order valence-electron chi connectivity index (χ1n) is 4.91. The van der Waals surface area contributed by atoms with Gasteiger partial charge in [-0.1, -0.05) is 22.9 Å². The Labute approximate surface area is 94.3 Å². The minimum absolute atomic E-state index is 0.0532. The zero-order valence-electron chi connectivity index (χ0n) is 8.41. The topological polar surface area (TPSA) is 43.4 Å². The third-order valence-corrected chi connectivity index (χ3v) is 5.33. The Bertz CT molecular complexity index is 257. The third-order valence-electron chi connectivity index (χ3n) is 2.27. The van der Waals surface area contributed by atoms with Crippen LogP contribution in [0.3, 0.4) is 0 Å². The molecule has 0 N–H and O–H groups in total. The van der Waals surface area contributed by atoms with Gasteiger partial charge in [-0.15, -0.1) is 0 Å². The molecule has 0 aromatic heterocycles. The second-order valence-electron chi connectivity index (χ2n) is 3.97. The standard InChI is InChI=1S/C9H17BrO3S/c1-8(5-10)6-14(11,12)7-9-3-2-4-13-9/h8-9H,2-7H2,1H3. The Balaban J connectivity index is 2.40. The highest BCUT2D eigenvalue weighted by molar-refractivity contribution is 9.09. The minimum atomic E-state index is -2.93. The van der Waals surface area contributed by atoms with Gasteiger partial charge in [-0.3, -0.25) is 0 Å². The molecule has 0 radical (unpaired) electrons. The smallest absolute Gasteiger partial charge is 0.153 e. The van der Waals surface area contributed by atoms with Gasteiger partial charge in [-0.05, 0) is 18.8 Å². The molecule has 1 saturated heterocycles. The van der Waals surface area contributed by atoms with E-state index in [4.69, 9.17) is 4.74 Å².